The molecule has 1 aromatic carbocycles. The Morgan fingerprint density at radius 2 is 2.10 bits per heavy atom. The maximum absolute atomic E-state index is 15.2. The second-order valence-electron chi connectivity index (χ2n) is 6.42. The number of anilines is 1. The zero-order valence-electron chi connectivity index (χ0n) is 15.6. The smallest absolute Gasteiger partial charge is 0.242 e. The summed E-state index contributed by atoms with van der Waals surface area (Å²) in [6.45, 7) is 5.86. The molecule has 0 radical (unpaired) electrons. The summed E-state index contributed by atoms with van der Waals surface area (Å²) in [4.78, 5) is 25.3. The topological polar surface area (TPSA) is 70.2 Å². The van der Waals surface area contributed by atoms with Crippen molar-refractivity contribution in [3.63, 3.8) is 0 Å². The molecule has 0 aromatic heterocycles. The summed E-state index contributed by atoms with van der Waals surface area (Å²) in [5.74, 6) is -3.16. The number of benzene rings is 1. The quantitative estimate of drug-likeness (QED) is 0.478. The second kappa shape index (κ2) is 10.9. The molecule has 1 heterocycles. The van der Waals surface area contributed by atoms with E-state index in [0.717, 1.165) is 0 Å². The molecule has 1 aliphatic rings. The molecule has 9 heteroatoms. The molecular weight excluding hydrogens is 484 g/mol. The van der Waals surface area contributed by atoms with E-state index in [9.17, 15) is 9.59 Å². The van der Waals surface area contributed by atoms with Gasteiger partial charge in [-0.15, -0.1) is 0 Å². The van der Waals surface area contributed by atoms with Gasteiger partial charge in [-0.2, -0.15) is 0 Å². The molecule has 0 spiro atoms. The molecule has 1 aromatic rings. The van der Waals surface area contributed by atoms with Crippen molar-refractivity contribution < 1.29 is 14.0 Å². The van der Waals surface area contributed by atoms with Crippen LogP contribution in [0.15, 0.2) is 58.3 Å². The van der Waals surface area contributed by atoms with Gasteiger partial charge in [0.1, 0.15) is 5.83 Å². The summed E-state index contributed by atoms with van der Waals surface area (Å²) < 4.78 is 15.5. The third kappa shape index (κ3) is 6.67. The first-order chi connectivity index (χ1) is 13.7. The molecule has 1 aliphatic heterocycles. The fourth-order valence-corrected chi connectivity index (χ4v) is 4.05. The second-order valence-corrected chi connectivity index (χ2v) is 8.26. The zero-order chi connectivity index (χ0) is 21.6. The number of nitrogens with one attached hydrogen (secondary N) is 3. The molecule has 2 rings (SSSR count). The normalized spacial score (nSPS) is 22.3. The highest BCUT2D eigenvalue weighted by Gasteiger charge is 2.46. The number of hydrogen-bond acceptors (Lipinski definition) is 3. The summed E-state index contributed by atoms with van der Waals surface area (Å²) in [6, 6.07) is 5.68. The van der Waals surface area contributed by atoms with Crippen LogP contribution < -0.4 is 16.0 Å². The Bertz CT molecular complexity index is 860. The van der Waals surface area contributed by atoms with Crippen molar-refractivity contribution in [2.24, 2.45) is 11.8 Å². The van der Waals surface area contributed by atoms with Crippen molar-refractivity contribution in [2.45, 2.75) is 13.0 Å². The average Bonchev–Trinajstić information content (AvgIpc) is 3.06. The first kappa shape index (κ1) is 23.6. The molecule has 3 N–H and O–H groups in total. The molecule has 3 atom stereocenters. The van der Waals surface area contributed by atoms with Crippen LogP contribution in [0.5, 0.6) is 0 Å². The van der Waals surface area contributed by atoms with Gasteiger partial charge in [0.25, 0.3) is 0 Å². The molecule has 1 fully saturated rings. The summed E-state index contributed by atoms with van der Waals surface area (Å²) in [5.41, 5.74) is 0.480. The van der Waals surface area contributed by atoms with Crippen molar-refractivity contribution in [1.82, 2.24) is 10.6 Å². The van der Waals surface area contributed by atoms with Crippen LogP contribution in [0.1, 0.15) is 6.92 Å². The summed E-state index contributed by atoms with van der Waals surface area (Å²) in [5, 5.41) is 9.03. The van der Waals surface area contributed by atoms with E-state index < -0.39 is 29.6 Å². The lowest BCUT2D eigenvalue weighted by Crippen LogP contribution is -2.42. The zero-order valence-corrected chi connectivity index (χ0v) is 18.7. The van der Waals surface area contributed by atoms with Gasteiger partial charge in [-0.05, 0) is 37.3 Å². The van der Waals surface area contributed by atoms with Crippen LogP contribution in [0.25, 0.3) is 0 Å². The molecule has 0 saturated carbocycles. The number of carbonyl (C=O) groups is 2. The SMILES string of the molecule is C=C(Cl)/C=C(Br)\C=C(/F)C1C(C(=O)Nc2cccc(Cl)c2)NC[C@H]1C(=O)NCC. The van der Waals surface area contributed by atoms with Crippen molar-refractivity contribution >= 4 is 56.6 Å². The van der Waals surface area contributed by atoms with Gasteiger partial charge < -0.3 is 16.0 Å². The van der Waals surface area contributed by atoms with Gasteiger partial charge in [-0.25, -0.2) is 4.39 Å². The average molecular weight is 505 g/mol. The number of amides is 2. The largest absolute Gasteiger partial charge is 0.356 e. The third-order valence-corrected chi connectivity index (χ3v) is 5.10. The minimum Gasteiger partial charge on any atom is -0.356 e. The van der Waals surface area contributed by atoms with Crippen molar-refractivity contribution in [3.05, 3.63) is 63.4 Å². The summed E-state index contributed by atoms with van der Waals surface area (Å²) in [7, 11) is 0. The highest BCUT2D eigenvalue weighted by atomic mass is 79.9. The van der Waals surface area contributed by atoms with E-state index in [1.807, 2.05) is 0 Å². The Kier molecular flexibility index (Phi) is 8.89. The van der Waals surface area contributed by atoms with Crippen LogP contribution in [0.3, 0.4) is 0 Å². The number of halogens is 4. The molecule has 2 amide bonds. The Hall–Kier alpha value is -1.67. The van der Waals surface area contributed by atoms with Crippen LogP contribution in [0, 0.1) is 11.8 Å². The Morgan fingerprint density at radius 1 is 1.38 bits per heavy atom. The van der Waals surface area contributed by atoms with Gasteiger partial charge in [-0.1, -0.05) is 51.8 Å². The van der Waals surface area contributed by atoms with E-state index in [4.69, 9.17) is 23.2 Å². The Morgan fingerprint density at radius 3 is 2.72 bits per heavy atom. The van der Waals surface area contributed by atoms with Crippen molar-refractivity contribution in [3.8, 4) is 0 Å². The van der Waals surface area contributed by atoms with E-state index in [1.54, 1.807) is 31.2 Å². The monoisotopic (exact) mass is 503 g/mol. The summed E-state index contributed by atoms with van der Waals surface area (Å²) >= 11 is 14.9. The summed E-state index contributed by atoms with van der Waals surface area (Å²) in [6.07, 6.45) is 2.61. The van der Waals surface area contributed by atoms with Crippen LogP contribution in [0.2, 0.25) is 5.02 Å². The molecule has 1 saturated heterocycles. The van der Waals surface area contributed by atoms with Gasteiger partial charge in [0.05, 0.1) is 12.0 Å². The fourth-order valence-electron chi connectivity index (χ4n) is 3.11. The molecule has 156 valence electrons. The first-order valence-corrected chi connectivity index (χ1v) is 10.4. The maximum atomic E-state index is 15.2. The van der Waals surface area contributed by atoms with E-state index in [-0.39, 0.29) is 17.5 Å². The molecule has 2 unspecified atom stereocenters. The van der Waals surface area contributed by atoms with Gasteiger partial charge >= 0.3 is 0 Å². The van der Waals surface area contributed by atoms with Crippen molar-refractivity contribution in [2.75, 3.05) is 18.4 Å². The van der Waals surface area contributed by atoms with E-state index >= 15 is 4.39 Å². The minimum absolute atomic E-state index is 0.162. The van der Waals surface area contributed by atoms with E-state index in [0.29, 0.717) is 21.7 Å². The van der Waals surface area contributed by atoms with E-state index in [2.05, 4.69) is 38.5 Å². The predicted octanol–water partition coefficient (Wildman–Crippen LogP) is 4.50. The number of carbonyl (C=O) groups excluding carboxylic acids is 2. The van der Waals surface area contributed by atoms with E-state index in [1.165, 1.54) is 12.2 Å². The lowest BCUT2D eigenvalue weighted by molar-refractivity contribution is -0.125. The lowest BCUT2D eigenvalue weighted by Gasteiger charge is -2.22. The highest BCUT2D eigenvalue weighted by molar-refractivity contribution is 9.11. The number of hydrogen-bond donors (Lipinski definition) is 3. The lowest BCUT2D eigenvalue weighted by atomic mass is 9.87. The molecule has 5 nitrogen and oxygen atoms in total. The fraction of sp³-hybridized carbons (Fsp3) is 0.300. The Labute approximate surface area is 187 Å². The minimum atomic E-state index is -0.995. The molecule has 29 heavy (non-hydrogen) atoms. The van der Waals surface area contributed by atoms with Gasteiger partial charge in [-0.3, -0.25) is 9.59 Å². The van der Waals surface area contributed by atoms with Crippen molar-refractivity contribution in [1.29, 1.82) is 0 Å². The van der Waals surface area contributed by atoms with Crippen LogP contribution >= 0.6 is 39.1 Å². The third-order valence-electron chi connectivity index (χ3n) is 4.30. The Balaban J connectivity index is 2.31. The maximum Gasteiger partial charge on any atom is 0.242 e. The molecule has 0 bridgehead atoms. The van der Waals surface area contributed by atoms with Gasteiger partial charge in [0.15, 0.2) is 0 Å². The van der Waals surface area contributed by atoms with Crippen LogP contribution in [-0.4, -0.2) is 30.9 Å². The highest BCUT2D eigenvalue weighted by Crippen LogP contribution is 2.33. The number of allylic oxidation sites excluding steroid dienone is 4. The van der Waals surface area contributed by atoms with Gasteiger partial charge in [0, 0.05) is 39.2 Å². The van der Waals surface area contributed by atoms with Gasteiger partial charge in [0.2, 0.25) is 11.8 Å². The number of rotatable bonds is 7. The molecule has 0 aliphatic carbocycles. The standard InChI is InChI=1S/C20H21BrCl2FN3O2/c1-3-25-19(28)15-10-26-18(17(15)16(24)8-12(21)7-11(2)22)20(29)27-14-6-4-5-13(23)9-14/h4-9,15,17-18,26H,2-3,10H2,1H3,(H,25,28)(H,27,29)/b12-7+,16-8-/t15-,17?,18?/m1/s1. The van der Waals surface area contributed by atoms with Crippen LogP contribution in [0.4, 0.5) is 10.1 Å². The van der Waals surface area contributed by atoms with Crippen LogP contribution in [-0.2, 0) is 9.59 Å². The molecular formula is C20H21BrCl2FN3O2. The predicted molar refractivity (Wildman–Crippen MR) is 119 cm³/mol. The first-order valence-electron chi connectivity index (χ1n) is 8.89.